The fraction of sp³-hybridized carbons (Fsp3) is 0.632. The molecule has 2 N–H and O–H groups in total. The van der Waals surface area contributed by atoms with Gasteiger partial charge in [-0.05, 0) is 37.8 Å². The van der Waals surface area contributed by atoms with Gasteiger partial charge in [-0.2, -0.15) is 4.31 Å². The number of amides is 1. The average Bonchev–Trinajstić information content (AvgIpc) is 3.20. The van der Waals surface area contributed by atoms with Crippen LogP contribution < -0.4 is 14.8 Å². The van der Waals surface area contributed by atoms with Crippen molar-refractivity contribution in [3.05, 3.63) is 18.2 Å². The third-order valence-electron chi connectivity index (χ3n) is 4.85. The number of methoxy groups -OCH3 is 2. The number of aliphatic hydroxyl groups is 1. The molecule has 0 radical (unpaired) electrons. The molecule has 1 fully saturated rings. The molecule has 0 aliphatic carbocycles. The van der Waals surface area contributed by atoms with E-state index in [0.29, 0.717) is 37.4 Å². The molecule has 0 aromatic heterocycles. The van der Waals surface area contributed by atoms with Crippen LogP contribution in [0.1, 0.15) is 38.5 Å². The number of hydrogen-bond donors (Lipinski definition) is 2. The van der Waals surface area contributed by atoms with Gasteiger partial charge in [0.2, 0.25) is 15.9 Å². The Morgan fingerprint density at radius 1 is 1.18 bits per heavy atom. The zero-order valence-electron chi connectivity index (χ0n) is 16.5. The van der Waals surface area contributed by atoms with E-state index < -0.39 is 16.1 Å². The highest BCUT2D eigenvalue weighted by atomic mass is 32.2. The molecule has 1 aliphatic heterocycles. The summed E-state index contributed by atoms with van der Waals surface area (Å²) >= 11 is 0. The van der Waals surface area contributed by atoms with Gasteiger partial charge in [-0.3, -0.25) is 4.79 Å². The van der Waals surface area contributed by atoms with Crippen molar-refractivity contribution in [3.63, 3.8) is 0 Å². The van der Waals surface area contributed by atoms with Gasteiger partial charge in [-0.15, -0.1) is 0 Å². The van der Waals surface area contributed by atoms with Crippen LogP contribution in [0.25, 0.3) is 0 Å². The monoisotopic (exact) mass is 414 g/mol. The van der Waals surface area contributed by atoms with E-state index in [4.69, 9.17) is 14.6 Å². The number of rotatable bonds is 11. The first kappa shape index (κ1) is 22.4. The zero-order chi connectivity index (χ0) is 20.6. The van der Waals surface area contributed by atoms with Gasteiger partial charge < -0.3 is 19.9 Å². The number of nitrogens with one attached hydrogen (secondary N) is 1. The standard InChI is InChI=1S/C19H30N2O6S/c1-26-17-10-9-15(14-18(17)27-2)28(24,25)21-12-7-8-16(21)19(23)20-11-5-3-4-6-13-22/h9-10,14,16,22H,3-8,11-13H2,1-2H3,(H,20,23). The first-order valence-electron chi connectivity index (χ1n) is 9.58. The number of ether oxygens (including phenoxy) is 2. The number of unbranched alkanes of at least 4 members (excludes halogenated alkanes) is 3. The summed E-state index contributed by atoms with van der Waals surface area (Å²) in [6, 6.07) is 3.73. The van der Waals surface area contributed by atoms with E-state index >= 15 is 0 Å². The van der Waals surface area contributed by atoms with Gasteiger partial charge in [0.15, 0.2) is 11.5 Å². The van der Waals surface area contributed by atoms with Crippen molar-refractivity contribution in [3.8, 4) is 11.5 Å². The quantitative estimate of drug-likeness (QED) is 0.532. The van der Waals surface area contributed by atoms with Crippen molar-refractivity contribution < 1.29 is 27.8 Å². The molecule has 1 heterocycles. The van der Waals surface area contributed by atoms with Crippen LogP contribution in [0.15, 0.2) is 23.1 Å². The second-order valence-electron chi connectivity index (χ2n) is 6.72. The van der Waals surface area contributed by atoms with Crippen LogP contribution in [0.3, 0.4) is 0 Å². The third kappa shape index (κ3) is 5.36. The smallest absolute Gasteiger partial charge is 0.243 e. The van der Waals surface area contributed by atoms with Crippen LogP contribution >= 0.6 is 0 Å². The number of nitrogens with zero attached hydrogens (tertiary/aromatic N) is 1. The predicted octanol–water partition coefficient (Wildman–Crippen LogP) is 1.53. The van der Waals surface area contributed by atoms with E-state index in [1.807, 2.05) is 0 Å². The number of benzene rings is 1. The van der Waals surface area contributed by atoms with Crippen molar-refractivity contribution in [1.82, 2.24) is 9.62 Å². The SMILES string of the molecule is COc1ccc(S(=O)(=O)N2CCCC2C(=O)NCCCCCCO)cc1OC. The van der Waals surface area contributed by atoms with Gasteiger partial charge in [0.1, 0.15) is 6.04 Å². The Hall–Kier alpha value is -1.84. The molecule has 1 aliphatic rings. The summed E-state index contributed by atoms with van der Waals surface area (Å²) in [5.41, 5.74) is 0. The molecule has 1 aromatic carbocycles. The Morgan fingerprint density at radius 2 is 1.89 bits per heavy atom. The van der Waals surface area contributed by atoms with E-state index in [1.165, 1.54) is 30.7 Å². The van der Waals surface area contributed by atoms with Crippen LogP contribution in [0.5, 0.6) is 11.5 Å². The normalized spacial score (nSPS) is 17.5. The highest BCUT2D eigenvalue weighted by Crippen LogP contribution is 2.33. The van der Waals surface area contributed by atoms with Gasteiger partial charge in [0, 0.05) is 25.8 Å². The molecule has 9 heteroatoms. The minimum atomic E-state index is -3.82. The highest BCUT2D eigenvalue weighted by Gasteiger charge is 2.39. The molecule has 1 atom stereocenters. The van der Waals surface area contributed by atoms with Crippen molar-refractivity contribution in [1.29, 1.82) is 0 Å². The van der Waals surface area contributed by atoms with Crippen LogP contribution in [0.4, 0.5) is 0 Å². The topological polar surface area (TPSA) is 105 Å². The summed E-state index contributed by atoms with van der Waals surface area (Å²) in [5.74, 6) is 0.508. The maximum absolute atomic E-state index is 13.1. The highest BCUT2D eigenvalue weighted by molar-refractivity contribution is 7.89. The molecular formula is C19H30N2O6S. The minimum Gasteiger partial charge on any atom is -0.493 e. The molecule has 0 bridgehead atoms. The minimum absolute atomic E-state index is 0.0776. The summed E-state index contributed by atoms with van der Waals surface area (Å²) in [6.07, 6.45) is 4.54. The second-order valence-corrected chi connectivity index (χ2v) is 8.61. The molecule has 0 spiro atoms. The van der Waals surface area contributed by atoms with Crippen LogP contribution in [0, 0.1) is 0 Å². The Kier molecular flexibility index (Phi) is 8.53. The lowest BCUT2D eigenvalue weighted by molar-refractivity contribution is -0.124. The molecule has 0 saturated carbocycles. The second kappa shape index (κ2) is 10.6. The molecular weight excluding hydrogens is 384 g/mol. The Balaban J connectivity index is 2.05. The summed E-state index contributed by atoms with van der Waals surface area (Å²) in [4.78, 5) is 12.6. The van der Waals surface area contributed by atoms with Crippen molar-refractivity contribution in [2.24, 2.45) is 0 Å². The van der Waals surface area contributed by atoms with Crippen LogP contribution in [0.2, 0.25) is 0 Å². The van der Waals surface area contributed by atoms with Gasteiger partial charge in [-0.25, -0.2) is 8.42 Å². The number of aliphatic hydroxyl groups excluding tert-OH is 1. The molecule has 28 heavy (non-hydrogen) atoms. The Bertz CT molecular complexity index is 753. The van der Waals surface area contributed by atoms with E-state index in [2.05, 4.69) is 5.32 Å². The molecule has 8 nitrogen and oxygen atoms in total. The van der Waals surface area contributed by atoms with Gasteiger partial charge in [-0.1, -0.05) is 12.8 Å². The number of hydrogen-bond acceptors (Lipinski definition) is 6. The summed E-state index contributed by atoms with van der Waals surface area (Å²) in [7, 11) is -0.896. The Morgan fingerprint density at radius 3 is 2.57 bits per heavy atom. The lowest BCUT2D eigenvalue weighted by Gasteiger charge is -2.24. The molecule has 1 aromatic rings. The lowest BCUT2D eigenvalue weighted by Crippen LogP contribution is -2.46. The molecule has 1 unspecified atom stereocenters. The van der Waals surface area contributed by atoms with Gasteiger partial charge in [0.05, 0.1) is 19.1 Å². The maximum Gasteiger partial charge on any atom is 0.243 e. The van der Waals surface area contributed by atoms with Crippen LogP contribution in [-0.2, 0) is 14.8 Å². The van der Waals surface area contributed by atoms with E-state index in [9.17, 15) is 13.2 Å². The molecule has 1 amide bonds. The van der Waals surface area contributed by atoms with E-state index in [-0.39, 0.29) is 17.4 Å². The van der Waals surface area contributed by atoms with E-state index in [1.54, 1.807) is 6.07 Å². The largest absolute Gasteiger partial charge is 0.493 e. The number of sulfonamides is 1. The maximum atomic E-state index is 13.1. The lowest BCUT2D eigenvalue weighted by atomic mass is 10.2. The number of carbonyl (C=O) groups is 1. The van der Waals surface area contributed by atoms with Gasteiger partial charge in [0.25, 0.3) is 0 Å². The first-order valence-corrected chi connectivity index (χ1v) is 11.0. The van der Waals surface area contributed by atoms with Crippen LogP contribution in [-0.4, -0.2) is 63.7 Å². The first-order chi connectivity index (χ1) is 13.5. The van der Waals surface area contributed by atoms with E-state index in [0.717, 1.165) is 25.7 Å². The molecule has 1 saturated heterocycles. The van der Waals surface area contributed by atoms with Gasteiger partial charge >= 0.3 is 0 Å². The summed E-state index contributed by atoms with van der Waals surface area (Å²) in [5, 5.41) is 11.6. The fourth-order valence-electron chi connectivity index (χ4n) is 3.32. The summed E-state index contributed by atoms with van der Waals surface area (Å²) < 4.78 is 37.8. The molecule has 2 rings (SSSR count). The molecule has 158 valence electrons. The van der Waals surface area contributed by atoms with Crippen molar-refractivity contribution in [2.75, 3.05) is 33.9 Å². The zero-order valence-corrected chi connectivity index (χ0v) is 17.3. The predicted molar refractivity (Wildman–Crippen MR) is 105 cm³/mol. The Labute approximate surface area is 166 Å². The third-order valence-corrected chi connectivity index (χ3v) is 6.76. The van der Waals surface area contributed by atoms with Crippen molar-refractivity contribution >= 4 is 15.9 Å². The average molecular weight is 415 g/mol. The number of carbonyl (C=O) groups excluding carboxylic acids is 1. The fourth-order valence-corrected chi connectivity index (χ4v) is 4.99. The summed E-state index contributed by atoms with van der Waals surface area (Å²) in [6.45, 7) is 0.994. The van der Waals surface area contributed by atoms with Crippen molar-refractivity contribution in [2.45, 2.75) is 49.5 Å².